The maximum absolute atomic E-state index is 5.71. The average Bonchev–Trinajstić information content (AvgIpc) is 3.06. The van der Waals surface area contributed by atoms with Crippen LogP contribution in [0.2, 0.25) is 0 Å². The fourth-order valence-electron chi connectivity index (χ4n) is 3.53. The average molecular weight is 417 g/mol. The summed E-state index contributed by atoms with van der Waals surface area (Å²) in [5.74, 6) is 0.948. The number of nitrogens with zero attached hydrogens (tertiary/aromatic N) is 1. The zero-order valence-electron chi connectivity index (χ0n) is 14.2. The molecule has 1 aromatic heterocycles. The van der Waals surface area contributed by atoms with Crippen LogP contribution in [0.15, 0.2) is 53.0 Å². The summed E-state index contributed by atoms with van der Waals surface area (Å²) < 4.78 is 8.14. The lowest BCUT2D eigenvalue weighted by Crippen LogP contribution is -2.45. The monoisotopic (exact) mass is 416 g/mol. The van der Waals surface area contributed by atoms with Crippen molar-refractivity contribution >= 4 is 37.4 Å². The van der Waals surface area contributed by atoms with Crippen molar-refractivity contribution in [3.05, 3.63) is 63.4 Å². The Morgan fingerprint density at radius 1 is 1.12 bits per heavy atom. The summed E-state index contributed by atoms with van der Waals surface area (Å²) in [5.41, 5.74) is 1.23. The minimum atomic E-state index is 0.215. The zero-order chi connectivity index (χ0) is 17.2. The maximum Gasteiger partial charge on any atom is 0.124 e. The van der Waals surface area contributed by atoms with Crippen LogP contribution in [0.3, 0.4) is 0 Å². The van der Waals surface area contributed by atoms with E-state index in [1.54, 1.807) is 7.11 Å². The molecule has 0 amide bonds. The lowest BCUT2D eigenvalue weighted by Gasteiger charge is -2.35. The smallest absolute Gasteiger partial charge is 0.124 e. The molecular weight excluding hydrogens is 396 g/mol. The zero-order valence-corrected chi connectivity index (χ0v) is 16.6. The van der Waals surface area contributed by atoms with Gasteiger partial charge in [-0.1, -0.05) is 34.1 Å². The van der Waals surface area contributed by atoms with Gasteiger partial charge in [-0.05, 0) is 35.7 Å². The molecule has 0 bridgehead atoms. The number of hydrogen-bond acceptors (Lipinski definition) is 4. The number of ether oxygens (including phenoxy) is 1. The number of rotatable bonds is 4. The van der Waals surface area contributed by atoms with Gasteiger partial charge in [-0.15, -0.1) is 11.3 Å². The highest BCUT2D eigenvalue weighted by Crippen LogP contribution is 2.41. The van der Waals surface area contributed by atoms with E-state index in [1.807, 2.05) is 17.4 Å². The second-order valence-corrected chi connectivity index (χ2v) is 8.29. The van der Waals surface area contributed by atoms with Crippen LogP contribution < -0.4 is 10.1 Å². The highest BCUT2D eigenvalue weighted by Gasteiger charge is 2.28. The van der Waals surface area contributed by atoms with Crippen molar-refractivity contribution in [2.45, 2.75) is 6.04 Å². The fraction of sp³-hybridized carbons (Fsp3) is 0.300. The van der Waals surface area contributed by atoms with E-state index in [1.165, 1.54) is 20.5 Å². The molecule has 0 spiro atoms. The standard InChI is InChI=1S/C20H21BrN2OS/c1-24-17-7-6-15(21)13-16(17)20(23-10-8-22-9-11-23)19-12-14-4-2-3-5-18(14)25-19/h2-7,12-13,20,22H,8-11H2,1H3. The second kappa shape index (κ2) is 7.46. The van der Waals surface area contributed by atoms with Crippen molar-refractivity contribution in [1.82, 2.24) is 10.2 Å². The molecule has 1 saturated heterocycles. The minimum Gasteiger partial charge on any atom is -0.496 e. The molecular formula is C20H21BrN2OS. The predicted octanol–water partition coefficient (Wildman–Crippen LogP) is 4.67. The van der Waals surface area contributed by atoms with Crippen LogP contribution in [0, 0.1) is 0 Å². The Morgan fingerprint density at radius 3 is 2.68 bits per heavy atom. The quantitative estimate of drug-likeness (QED) is 0.668. The summed E-state index contributed by atoms with van der Waals surface area (Å²) in [7, 11) is 1.76. The molecule has 3 nitrogen and oxygen atoms in total. The fourth-order valence-corrected chi connectivity index (χ4v) is 5.12. The summed E-state index contributed by atoms with van der Waals surface area (Å²) in [6.07, 6.45) is 0. The second-order valence-electron chi connectivity index (χ2n) is 6.26. The third-order valence-corrected chi connectivity index (χ3v) is 6.38. The van der Waals surface area contributed by atoms with E-state index >= 15 is 0 Å². The van der Waals surface area contributed by atoms with Crippen molar-refractivity contribution in [1.29, 1.82) is 0 Å². The molecule has 1 aliphatic heterocycles. The summed E-state index contributed by atoms with van der Waals surface area (Å²) in [6.45, 7) is 4.12. The number of methoxy groups -OCH3 is 1. The van der Waals surface area contributed by atoms with Crippen molar-refractivity contribution in [3.63, 3.8) is 0 Å². The summed E-state index contributed by atoms with van der Waals surface area (Å²) in [6, 6.07) is 17.5. The summed E-state index contributed by atoms with van der Waals surface area (Å²) in [4.78, 5) is 3.94. The van der Waals surface area contributed by atoms with Crippen molar-refractivity contribution in [2.75, 3.05) is 33.3 Å². The molecule has 2 aromatic carbocycles. The third kappa shape index (κ3) is 3.47. The van der Waals surface area contributed by atoms with Gasteiger partial charge in [0, 0.05) is 45.8 Å². The normalized spacial score (nSPS) is 16.9. The van der Waals surface area contributed by atoms with Crippen molar-refractivity contribution < 1.29 is 4.74 Å². The minimum absolute atomic E-state index is 0.215. The molecule has 4 rings (SSSR count). The van der Waals surface area contributed by atoms with E-state index in [0.29, 0.717) is 0 Å². The highest BCUT2D eigenvalue weighted by molar-refractivity contribution is 9.10. The first-order chi connectivity index (χ1) is 12.3. The van der Waals surface area contributed by atoms with Gasteiger partial charge in [0.25, 0.3) is 0 Å². The number of fused-ring (bicyclic) bond motifs is 1. The van der Waals surface area contributed by atoms with Crippen LogP contribution in [0.5, 0.6) is 5.75 Å². The molecule has 3 aromatic rings. The van der Waals surface area contributed by atoms with Gasteiger partial charge < -0.3 is 10.1 Å². The van der Waals surface area contributed by atoms with Gasteiger partial charge in [0.1, 0.15) is 5.75 Å². The maximum atomic E-state index is 5.71. The molecule has 1 N–H and O–H groups in total. The topological polar surface area (TPSA) is 24.5 Å². The van der Waals surface area contributed by atoms with Gasteiger partial charge in [0.15, 0.2) is 0 Å². The Hall–Kier alpha value is -1.40. The van der Waals surface area contributed by atoms with Crippen LogP contribution in [0.1, 0.15) is 16.5 Å². The van der Waals surface area contributed by atoms with Crippen LogP contribution in [-0.2, 0) is 0 Å². The Labute approximate surface area is 160 Å². The predicted molar refractivity (Wildman–Crippen MR) is 109 cm³/mol. The number of benzene rings is 2. The molecule has 1 fully saturated rings. The molecule has 1 atom stereocenters. The van der Waals surface area contributed by atoms with E-state index < -0.39 is 0 Å². The number of hydrogen-bond donors (Lipinski definition) is 1. The van der Waals surface area contributed by atoms with E-state index in [4.69, 9.17) is 4.74 Å². The van der Waals surface area contributed by atoms with Crippen molar-refractivity contribution in [2.24, 2.45) is 0 Å². The van der Waals surface area contributed by atoms with Crippen molar-refractivity contribution in [3.8, 4) is 5.75 Å². The van der Waals surface area contributed by atoms with Crippen LogP contribution in [0.25, 0.3) is 10.1 Å². The number of nitrogens with one attached hydrogen (secondary N) is 1. The molecule has 0 aliphatic carbocycles. The molecule has 5 heteroatoms. The van der Waals surface area contributed by atoms with Gasteiger partial charge in [0.2, 0.25) is 0 Å². The summed E-state index contributed by atoms with van der Waals surface area (Å²) in [5, 5.41) is 4.78. The molecule has 25 heavy (non-hydrogen) atoms. The van der Waals surface area contributed by atoms with Gasteiger partial charge in [0.05, 0.1) is 13.2 Å². The lowest BCUT2D eigenvalue weighted by atomic mass is 10.0. The molecule has 0 saturated carbocycles. The van der Waals surface area contributed by atoms with E-state index in [-0.39, 0.29) is 6.04 Å². The van der Waals surface area contributed by atoms with Gasteiger partial charge >= 0.3 is 0 Å². The molecule has 130 valence electrons. The number of halogens is 1. The van der Waals surface area contributed by atoms with Gasteiger partial charge in [-0.2, -0.15) is 0 Å². The van der Waals surface area contributed by atoms with Crippen LogP contribution in [-0.4, -0.2) is 38.2 Å². The Bertz CT molecular complexity index is 840. The number of piperazine rings is 1. The Balaban J connectivity index is 1.85. The van der Waals surface area contributed by atoms with Gasteiger partial charge in [-0.3, -0.25) is 4.90 Å². The molecule has 0 radical (unpaired) electrons. The molecule has 2 heterocycles. The van der Waals surface area contributed by atoms with Gasteiger partial charge in [-0.25, -0.2) is 0 Å². The summed E-state index contributed by atoms with van der Waals surface area (Å²) >= 11 is 5.53. The lowest BCUT2D eigenvalue weighted by molar-refractivity contribution is 0.197. The van der Waals surface area contributed by atoms with E-state index in [2.05, 4.69) is 68.6 Å². The highest BCUT2D eigenvalue weighted by atomic mass is 79.9. The first-order valence-corrected chi connectivity index (χ1v) is 10.1. The Kier molecular flexibility index (Phi) is 5.08. The van der Waals surface area contributed by atoms with E-state index in [9.17, 15) is 0 Å². The van der Waals surface area contributed by atoms with Crippen LogP contribution in [0.4, 0.5) is 0 Å². The van der Waals surface area contributed by atoms with Crippen LogP contribution >= 0.6 is 27.3 Å². The Morgan fingerprint density at radius 2 is 1.92 bits per heavy atom. The first-order valence-electron chi connectivity index (χ1n) is 8.53. The number of thiophene rings is 1. The molecule has 1 unspecified atom stereocenters. The first kappa shape index (κ1) is 17.0. The third-order valence-electron chi connectivity index (χ3n) is 4.72. The SMILES string of the molecule is COc1ccc(Br)cc1C(c1cc2ccccc2s1)N1CCNCC1. The largest absolute Gasteiger partial charge is 0.496 e. The van der Waals surface area contributed by atoms with E-state index in [0.717, 1.165) is 36.4 Å². The molecule has 1 aliphatic rings.